The van der Waals surface area contributed by atoms with Crippen molar-refractivity contribution in [1.82, 2.24) is 19.4 Å². The van der Waals surface area contributed by atoms with Crippen LogP contribution in [0.2, 0.25) is 0 Å². The van der Waals surface area contributed by atoms with Gasteiger partial charge in [0.05, 0.1) is 5.69 Å². The minimum atomic E-state index is -1.44. The molecule has 34 heavy (non-hydrogen) atoms. The summed E-state index contributed by atoms with van der Waals surface area (Å²) in [5.41, 5.74) is 2.51. The molecule has 8 nitrogen and oxygen atoms in total. The number of fused-ring (bicyclic) bond motifs is 1. The van der Waals surface area contributed by atoms with E-state index in [-0.39, 0.29) is 24.8 Å². The zero-order valence-electron chi connectivity index (χ0n) is 19.6. The number of aromatic carboxylic acids is 1. The highest BCUT2D eigenvalue weighted by atomic mass is 35.5. The van der Waals surface area contributed by atoms with Crippen molar-refractivity contribution in [2.75, 3.05) is 33.2 Å². The Morgan fingerprint density at radius 1 is 1.09 bits per heavy atom. The molecular formula is C24H32Cl2N4O4. The molecule has 0 radical (unpaired) electrons. The number of pyridine rings is 1. The van der Waals surface area contributed by atoms with Crippen LogP contribution in [0.15, 0.2) is 29.1 Å². The van der Waals surface area contributed by atoms with Crippen LogP contribution in [0.5, 0.6) is 5.75 Å². The molecule has 0 saturated carbocycles. The van der Waals surface area contributed by atoms with Crippen molar-refractivity contribution in [2.24, 2.45) is 7.05 Å². The van der Waals surface area contributed by atoms with Crippen molar-refractivity contribution in [3.8, 4) is 17.0 Å². The maximum atomic E-state index is 12.3. The number of aromatic hydroxyl groups is 1. The standard InChI is InChI=1S/C24H30N4O4.2ClH/c1-4-18-21(25-23(30)20(22(18)29)24(31)32)15-6-7-19-16(12-15)13-17(27(19)3)14-28-9-5-8-26(2)10-11-28;;/h6-7,12-13H,4-5,8-11,14H2,1-3H3,(H,31,32)(H2,25,29,30);2*1H. The number of carboxylic acid groups (broad SMARTS) is 1. The van der Waals surface area contributed by atoms with Crippen LogP contribution in [-0.4, -0.2) is 68.8 Å². The zero-order chi connectivity index (χ0) is 23.0. The molecule has 1 aliphatic rings. The van der Waals surface area contributed by atoms with Crippen LogP contribution < -0.4 is 5.56 Å². The third-order valence-corrected chi connectivity index (χ3v) is 6.49. The van der Waals surface area contributed by atoms with E-state index in [4.69, 9.17) is 0 Å². The maximum absolute atomic E-state index is 12.3. The first-order chi connectivity index (χ1) is 15.3. The monoisotopic (exact) mass is 510 g/mol. The number of nitrogens with zero attached hydrogens (tertiary/aromatic N) is 3. The van der Waals surface area contributed by atoms with Crippen LogP contribution in [0.3, 0.4) is 0 Å². The Balaban J connectivity index is 0.00000204. The number of halogens is 2. The van der Waals surface area contributed by atoms with Crippen molar-refractivity contribution in [2.45, 2.75) is 26.3 Å². The lowest BCUT2D eigenvalue weighted by Crippen LogP contribution is -2.29. The summed E-state index contributed by atoms with van der Waals surface area (Å²) in [4.78, 5) is 31.2. The molecule has 0 bridgehead atoms. The fourth-order valence-electron chi connectivity index (χ4n) is 4.62. The van der Waals surface area contributed by atoms with Gasteiger partial charge in [0.2, 0.25) is 0 Å². The Morgan fingerprint density at radius 2 is 1.82 bits per heavy atom. The van der Waals surface area contributed by atoms with Gasteiger partial charge >= 0.3 is 5.97 Å². The summed E-state index contributed by atoms with van der Waals surface area (Å²) >= 11 is 0. The van der Waals surface area contributed by atoms with E-state index in [0.29, 0.717) is 17.7 Å². The molecule has 3 N–H and O–H groups in total. The molecule has 0 atom stereocenters. The zero-order valence-corrected chi connectivity index (χ0v) is 21.3. The second-order valence-corrected chi connectivity index (χ2v) is 8.59. The van der Waals surface area contributed by atoms with Crippen molar-refractivity contribution < 1.29 is 15.0 Å². The summed E-state index contributed by atoms with van der Waals surface area (Å²) in [7, 11) is 4.23. The molecule has 0 aliphatic carbocycles. The van der Waals surface area contributed by atoms with E-state index in [0.717, 1.165) is 55.6 Å². The average molecular weight is 511 g/mol. The predicted molar refractivity (Wildman–Crippen MR) is 139 cm³/mol. The molecule has 3 aromatic rings. The lowest BCUT2D eigenvalue weighted by molar-refractivity contribution is 0.0691. The molecule has 186 valence electrons. The molecule has 4 rings (SSSR count). The second-order valence-electron chi connectivity index (χ2n) is 8.59. The smallest absolute Gasteiger partial charge is 0.345 e. The molecule has 10 heteroatoms. The topological polar surface area (TPSA) is 102 Å². The number of aromatic amines is 1. The predicted octanol–water partition coefficient (Wildman–Crippen LogP) is 3.48. The first kappa shape index (κ1) is 27.7. The van der Waals surface area contributed by atoms with Gasteiger partial charge in [-0.15, -0.1) is 24.8 Å². The lowest BCUT2D eigenvalue weighted by Gasteiger charge is -2.20. The molecule has 0 amide bonds. The van der Waals surface area contributed by atoms with Crippen molar-refractivity contribution in [1.29, 1.82) is 0 Å². The lowest BCUT2D eigenvalue weighted by atomic mass is 9.99. The number of H-pyrrole nitrogens is 1. The molecule has 1 fully saturated rings. The number of carbonyl (C=O) groups is 1. The molecule has 2 aromatic heterocycles. The number of likely N-dealkylation sites (N-methyl/N-ethyl adjacent to an activating group) is 1. The van der Waals surface area contributed by atoms with Gasteiger partial charge in [-0.3, -0.25) is 9.69 Å². The molecular weight excluding hydrogens is 479 g/mol. The van der Waals surface area contributed by atoms with Crippen molar-refractivity contribution in [3.63, 3.8) is 0 Å². The first-order valence-electron chi connectivity index (χ1n) is 11.0. The Bertz CT molecular complexity index is 1240. The van der Waals surface area contributed by atoms with E-state index in [1.54, 1.807) is 0 Å². The van der Waals surface area contributed by atoms with Crippen LogP contribution in [0, 0.1) is 0 Å². The summed E-state index contributed by atoms with van der Waals surface area (Å²) in [6.07, 6.45) is 1.55. The third kappa shape index (κ3) is 5.25. The summed E-state index contributed by atoms with van der Waals surface area (Å²) in [6.45, 7) is 7.00. The van der Waals surface area contributed by atoms with Crippen LogP contribution in [-0.2, 0) is 20.0 Å². The molecule has 1 saturated heterocycles. The summed E-state index contributed by atoms with van der Waals surface area (Å²) < 4.78 is 2.20. The Kier molecular flexibility index (Phi) is 9.19. The normalized spacial score (nSPS) is 14.9. The van der Waals surface area contributed by atoms with Crippen LogP contribution in [0.4, 0.5) is 0 Å². The maximum Gasteiger partial charge on any atom is 0.345 e. The van der Waals surface area contributed by atoms with Crippen LogP contribution in [0.1, 0.15) is 35.0 Å². The Labute approximate surface area is 211 Å². The first-order valence-corrected chi connectivity index (χ1v) is 11.0. The van der Waals surface area contributed by atoms with Gasteiger partial charge in [-0.25, -0.2) is 4.79 Å². The number of benzene rings is 1. The number of rotatable bonds is 5. The fourth-order valence-corrected chi connectivity index (χ4v) is 4.62. The number of aromatic nitrogens is 2. The number of aryl methyl sites for hydroxylation is 1. The Hall–Kier alpha value is -2.52. The number of hydrogen-bond acceptors (Lipinski definition) is 5. The van der Waals surface area contributed by atoms with Crippen LogP contribution in [0.25, 0.3) is 22.2 Å². The van der Waals surface area contributed by atoms with E-state index in [1.165, 1.54) is 5.69 Å². The van der Waals surface area contributed by atoms with Gasteiger partial charge in [0.15, 0.2) is 5.56 Å². The SMILES string of the molecule is CCc1c(-c2ccc3c(c2)cc(CN2CCCN(C)CC2)n3C)[nH]c(=O)c(C(=O)O)c1O.Cl.Cl. The van der Waals surface area contributed by atoms with Gasteiger partial charge in [-0.2, -0.15) is 0 Å². The Morgan fingerprint density at radius 3 is 2.50 bits per heavy atom. The minimum Gasteiger partial charge on any atom is -0.506 e. The largest absolute Gasteiger partial charge is 0.506 e. The average Bonchev–Trinajstić information content (AvgIpc) is 2.90. The number of nitrogens with one attached hydrogen (secondary N) is 1. The van der Waals surface area contributed by atoms with Gasteiger partial charge in [0.1, 0.15) is 5.75 Å². The third-order valence-electron chi connectivity index (χ3n) is 6.49. The molecule has 1 aliphatic heterocycles. The van der Waals surface area contributed by atoms with Gasteiger partial charge < -0.3 is 24.7 Å². The number of hydrogen-bond donors (Lipinski definition) is 3. The van der Waals surface area contributed by atoms with Gasteiger partial charge in [-0.05, 0) is 56.7 Å². The quantitative estimate of drug-likeness (QED) is 0.485. The fraction of sp³-hybridized carbons (Fsp3) is 0.417. The highest BCUT2D eigenvalue weighted by molar-refractivity contribution is 5.92. The van der Waals surface area contributed by atoms with Gasteiger partial charge in [0, 0.05) is 48.8 Å². The van der Waals surface area contributed by atoms with E-state index in [9.17, 15) is 19.8 Å². The molecule has 1 aromatic carbocycles. The van der Waals surface area contributed by atoms with Crippen molar-refractivity contribution >= 4 is 41.7 Å². The summed E-state index contributed by atoms with van der Waals surface area (Å²) in [6, 6.07) is 8.06. The van der Waals surface area contributed by atoms with E-state index < -0.39 is 22.8 Å². The highest BCUT2D eigenvalue weighted by Gasteiger charge is 2.22. The second kappa shape index (κ2) is 11.3. The van der Waals surface area contributed by atoms with E-state index >= 15 is 0 Å². The van der Waals surface area contributed by atoms with Crippen molar-refractivity contribution in [3.05, 3.63) is 51.4 Å². The van der Waals surface area contributed by atoms with Crippen LogP contribution >= 0.6 is 24.8 Å². The minimum absolute atomic E-state index is 0. The summed E-state index contributed by atoms with van der Waals surface area (Å²) in [5, 5.41) is 20.8. The molecule has 0 spiro atoms. The van der Waals surface area contributed by atoms with E-state index in [2.05, 4.69) is 39.5 Å². The summed E-state index contributed by atoms with van der Waals surface area (Å²) in [5.74, 6) is -1.90. The van der Waals surface area contributed by atoms with Gasteiger partial charge in [-0.1, -0.05) is 13.0 Å². The molecule has 0 unspecified atom stereocenters. The van der Waals surface area contributed by atoms with Gasteiger partial charge in [0.25, 0.3) is 5.56 Å². The highest BCUT2D eigenvalue weighted by Crippen LogP contribution is 2.32. The number of carboxylic acids is 1. The molecule has 3 heterocycles. The van der Waals surface area contributed by atoms with E-state index in [1.807, 2.05) is 25.1 Å².